The van der Waals surface area contributed by atoms with E-state index in [2.05, 4.69) is 20.3 Å². The topological polar surface area (TPSA) is 75.9 Å². The molecule has 0 atom stereocenters. The lowest BCUT2D eigenvalue weighted by Gasteiger charge is -1.98. The van der Waals surface area contributed by atoms with Crippen LogP contribution in [0.2, 0.25) is 0 Å². The van der Waals surface area contributed by atoms with Crippen LogP contribution < -0.4 is 5.56 Å². The first-order valence-electron chi connectivity index (χ1n) is 7.03. The summed E-state index contributed by atoms with van der Waals surface area (Å²) in [6, 6.07) is 13.5. The number of thiophene rings is 1. The lowest BCUT2D eigenvalue weighted by atomic mass is 10.1. The van der Waals surface area contributed by atoms with Crippen molar-refractivity contribution in [2.45, 2.75) is 0 Å². The normalized spacial score (nSPS) is 11.7. The molecule has 0 radical (unpaired) electrons. The third-order valence-corrected chi connectivity index (χ3v) is 4.89. The summed E-state index contributed by atoms with van der Waals surface area (Å²) in [7, 11) is 0. The number of nitrogens with zero attached hydrogens (tertiary/aromatic N) is 4. The minimum Gasteiger partial charge on any atom is -0.266 e. The second-order valence-electron chi connectivity index (χ2n) is 5.14. The number of rotatable bonds is 1. The molecule has 0 saturated heterocycles. The Bertz CT molecular complexity index is 1240. The molecular formula is C16H9N5OS. The predicted molar refractivity (Wildman–Crippen MR) is 89.7 cm³/mol. The third kappa shape index (κ3) is 1.68. The highest BCUT2D eigenvalue weighted by Crippen LogP contribution is 2.31. The summed E-state index contributed by atoms with van der Waals surface area (Å²) in [6.07, 6.45) is 1.72. The molecule has 0 spiro atoms. The van der Waals surface area contributed by atoms with Gasteiger partial charge in [0.15, 0.2) is 5.65 Å². The van der Waals surface area contributed by atoms with Crippen LogP contribution in [0.3, 0.4) is 0 Å². The maximum Gasteiger partial charge on any atom is 0.291 e. The minimum atomic E-state index is -0.249. The second-order valence-corrected chi connectivity index (χ2v) is 6.14. The number of aromatic nitrogens is 5. The van der Waals surface area contributed by atoms with E-state index >= 15 is 0 Å². The minimum absolute atomic E-state index is 0.249. The van der Waals surface area contributed by atoms with Gasteiger partial charge in [0.05, 0.1) is 5.52 Å². The highest BCUT2D eigenvalue weighted by Gasteiger charge is 2.17. The monoisotopic (exact) mass is 319 g/mol. The maximum atomic E-state index is 12.5. The molecule has 0 fully saturated rings. The Morgan fingerprint density at radius 2 is 1.96 bits per heavy atom. The van der Waals surface area contributed by atoms with Crippen LogP contribution in [0.1, 0.15) is 0 Å². The largest absolute Gasteiger partial charge is 0.291 e. The molecule has 1 aromatic carbocycles. The fraction of sp³-hybridized carbons (Fsp3) is 0. The number of benzene rings is 1. The number of pyridine rings is 1. The molecule has 0 amide bonds. The van der Waals surface area contributed by atoms with Gasteiger partial charge < -0.3 is 0 Å². The molecule has 0 unspecified atom stereocenters. The van der Waals surface area contributed by atoms with Gasteiger partial charge in [0.1, 0.15) is 15.2 Å². The maximum absolute atomic E-state index is 12.5. The van der Waals surface area contributed by atoms with Gasteiger partial charge in [-0.3, -0.25) is 4.79 Å². The molecule has 0 saturated carbocycles. The molecular weight excluding hydrogens is 310 g/mol. The van der Waals surface area contributed by atoms with Crippen molar-refractivity contribution in [2.75, 3.05) is 0 Å². The smallest absolute Gasteiger partial charge is 0.266 e. The lowest BCUT2D eigenvalue weighted by molar-refractivity contribution is 0.878. The van der Waals surface area contributed by atoms with Crippen LogP contribution in [0, 0.1) is 0 Å². The van der Waals surface area contributed by atoms with E-state index in [0.717, 1.165) is 21.3 Å². The molecule has 1 N–H and O–H groups in total. The molecule has 4 aromatic heterocycles. The summed E-state index contributed by atoms with van der Waals surface area (Å²) in [5.74, 6) is 0. The first-order valence-corrected chi connectivity index (χ1v) is 7.84. The molecule has 23 heavy (non-hydrogen) atoms. The van der Waals surface area contributed by atoms with Crippen molar-refractivity contribution in [1.29, 1.82) is 0 Å². The molecule has 0 aliphatic rings. The summed E-state index contributed by atoms with van der Waals surface area (Å²) in [4.78, 5) is 21.8. The molecule has 6 nitrogen and oxygen atoms in total. The van der Waals surface area contributed by atoms with E-state index in [1.807, 2.05) is 42.5 Å². The molecule has 0 aliphatic heterocycles. The van der Waals surface area contributed by atoms with Crippen molar-refractivity contribution in [3.8, 4) is 11.3 Å². The van der Waals surface area contributed by atoms with Crippen molar-refractivity contribution in [3.05, 3.63) is 59.0 Å². The van der Waals surface area contributed by atoms with Crippen molar-refractivity contribution in [3.63, 3.8) is 0 Å². The van der Waals surface area contributed by atoms with E-state index in [-0.39, 0.29) is 5.56 Å². The van der Waals surface area contributed by atoms with Crippen LogP contribution in [-0.2, 0) is 0 Å². The van der Waals surface area contributed by atoms with Crippen molar-refractivity contribution >= 4 is 37.4 Å². The molecule has 7 heteroatoms. The van der Waals surface area contributed by atoms with E-state index in [9.17, 15) is 4.79 Å². The van der Waals surface area contributed by atoms with E-state index in [0.29, 0.717) is 16.0 Å². The summed E-state index contributed by atoms with van der Waals surface area (Å²) in [5.41, 5.74) is 2.63. The summed E-state index contributed by atoms with van der Waals surface area (Å²) in [5, 5.41) is 8.26. The molecule has 4 heterocycles. The molecule has 110 valence electrons. The van der Waals surface area contributed by atoms with Crippen LogP contribution in [-0.4, -0.2) is 24.8 Å². The molecule has 5 rings (SSSR count). The predicted octanol–water partition coefficient (Wildman–Crippen LogP) is 2.85. The Kier molecular flexibility index (Phi) is 2.42. The van der Waals surface area contributed by atoms with Gasteiger partial charge in [-0.15, -0.1) is 11.3 Å². The van der Waals surface area contributed by atoms with Crippen molar-refractivity contribution < 1.29 is 0 Å². The van der Waals surface area contributed by atoms with Gasteiger partial charge in [-0.2, -0.15) is 10.1 Å². The zero-order valence-corrected chi connectivity index (χ0v) is 12.5. The van der Waals surface area contributed by atoms with Crippen LogP contribution in [0.15, 0.2) is 53.5 Å². The van der Waals surface area contributed by atoms with E-state index < -0.39 is 0 Å². The zero-order chi connectivity index (χ0) is 15.4. The fourth-order valence-electron chi connectivity index (χ4n) is 2.79. The van der Waals surface area contributed by atoms with Gasteiger partial charge in [0.25, 0.3) is 5.56 Å². The number of hydrogen-bond donors (Lipinski definition) is 1. The Morgan fingerprint density at radius 3 is 2.83 bits per heavy atom. The van der Waals surface area contributed by atoms with Crippen LogP contribution in [0.25, 0.3) is 37.3 Å². The Labute approximate surface area is 133 Å². The van der Waals surface area contributed by atoms with Crippen LogP contribution >= 0.6 is 11.3 Å². The summed E-state index contributed by atoms with van der Waals surface area (Å²) >= 11 is 1.35. The fourth-order valence-corrected chi connectivity index (χ4v) is 3.80. The second kappa shape index (κ2) is 4.47. The Hall–Kier alpha value is -3.06. The summed E-state index contributed by atoms with van der Waals surface area (Å²) < 4.78 is 2.35. The van der Waals surface area contributed by atoms with Crippen molar-refractivity contribution in [2.24, 2.45) is 0 Å². The van der Waals surface area contributed by atoms with E-state index in [1.165, 1.54) is 11.3 Å². The highest BCUT2D eigenvalue weighted by molar-refractivity contribution is 7.25. The van der Waals surface area contributed by atoms with Gasteiger partial charge in [0.2, 0.25) is 0 Å². The third-order valence-electron chi connectivity index (χ3n) is 3.80. The number of nitrogens with one attached hydrogen (secondary N) is 1. The molecule has 0 bridgehead atoms. The molecule has 0 aliphatic carbocycles. The van der Waals surface area contributed by atoms with Crippen LogP contribution in [0.4, 0.5) is 0 Å². The quantitative estimate of drug-likeness (QED) is 0.515. The van der Waals surface area contributed by atoms with Gasteiger partial charge in [-0.25, -0.2) is 14.7 Å². The number of hydrogen-bond acceptors (Lipinski definition) is 5. The van der Waals surface area contributed by atoms with Gasteiger partial charge in [0, 0.05) is 17.1 Å². The molecule has 5 aromatic rings. The van der Waals surface area contributed by atoms with Crippen LogP contribution in [0.5, 0.6) is 0 Å². The number of aromatic amines is 1. The number of fused-ring (bicyclic) bond motifs is 5. The Balaban J connectivity index is 1.99. The van der Waals surface area contributed by atoms with E-state index in [4.69, 9.17) is 0 Å². The summed E-state index contributed by atoms with van der Waals surface area (Å²) in [6.45, 7) is 0. The SMILES string of the molecule is O=c1nc2c(-c3ccccc3)n[nH]n2c2c1sc1ncccc12. The average Bonchev–Trinajstić information content (AvgIpc) is 3.17. The number of H-pyrrole nitrogens is 1. The standard InChI is InChI=1S/C16H9N5OS/c22-15-13-12(10-7-4-8-17-16(10)23-13)21-14(18-15)11(19-20-21)9-5-2-1-3-6-9/h1-8,20H. The zero-order valence-electron chi connectivity index (χ0n) is 11.7. The van der Waals surface area contributed by atoms with E-state index in [1.54, 1.807) is 10.7 Å². The average molecular weight is 319 g/mol. The Morgan fingerprint density at radius 1 is 1.09 bits per heavy atom. The lowest BCUT2D eigenvalue weighted by Crippen LogP contribution is -2.08. The highest BCUT2D eigenvalue weighted by atomic mass is 32.1. The first-order chi connectivity index (χ1) is 11.3. The van der Waals surface area contributed by atoms with Crippen molar-refractivity contribution in [1.82, 2.24) is 24.8 Å². The first kappa shape index (κ1) is 12.5. The van der Waals surface area contributed by atoms with Gasteiger partial charge in [-0.05, 0) is 12.1 Å². The van der Waals surface area contributed by atoms with Gasteiger partial charge in [-0.1, -0.05) is 30.3 Å². The van der Waals surface area contributed by atoms with Gasteiger partial charge >= 0.3 is 0 Å².